The van der Waals surface area contributed by atoms with Crippen molar-refractivity contribution in [2.75, 3.05) is 5.73 Å². The minimum atomic E-state index is -0.331. The van der Waals surface area contributed by atoms with Gasteiger partial charge >= 0.3 is 0 Å². The third-order valence-corrected chi connectivity index (χ3v) is 2.97. The molecule has 2 aromatic carbocycles. The molecule has 0 heterocycles. The number of aryl methyl sites for hydroxylation is 1. The first-order chi connectivity index (χ1) is 8.56. The summed E-state index contributed by atoms with van der Waals surface area (Å²) in [7, 11) is 0. The second kappa shape index (κ2) is 5.27. The van der Waals surface area contributed by atoms with Crippen molar-refractivity contribution < 1.29 is 9.13 Å². The zero-order chi connectivity index (χ0) is 13.1. The highest BCUT2D eigenvalue weighted by molar-refractivity contribution is 6.31. The van der Waals surface area contributed by atoms with Crippen LogP contribution >= 0.6 is 11.6 Å². The first-order valence-corrected chi connectivity index (χ1v) is 5.87. The van der Waals surface area contributed by atoms with Crippen LogP contribution in [0.25, 0.3) is 0 Å². The molecule has 0 unspecified atom stereocenters. The van der Waals surface area contributed by atoms with E-state index in [-0.39, 0.29) is 12.4 Å². The molecule has 2 aromatic rings. The van der Waals surface area contributed by atoms with Gasteiger partial charge in [0.1, 0.15) is 18.2 Å². The minimum absolute atomic E-state index is 0.209. The molecule has 0 amide bonds. The van der Waals surface area contributed by atoms with Gasteiger partial charge in [-0.1, -0.05) is 17.7 Å². The highest BCUT2D eigenvalue weighted by atomic mass is 35.5. The van der Waals surface area contributed by atoms with E-state index in [1.54, 1.807) is 12.1 Å². The Balaban J connectivity index is 2.16. The molecule has 18 heavy (non-hydrogen) atoms. The molecule has 0 aromatic heterocycles. The van der Waals surface area contributed by atoms with Gasteiger partial charge in [0.2, 0.25) is 0 Å². The third kappa shape index (κ3) is 2.93. The zero-order valence-electron chi connectivity index (χ0n) is 9.91. The maximum absolute atomic E-state index is 13.1. The molecule has 0 saturated carbocycles. The molecule has 0 spiro atoms. The van der Waals surface area contributed by atoms with E-state index in [4.69, 9.17) is 22.1 Å². The van der Waals surface area contributed by atoms with E-state index in [0.717, 1.165) is 5.56 Å². The van der Waals surface area contributed by atoms with E-state index >= 15 is 0 Å². The van der Waals surface area contributed by atoms with E-state index in [1.165, 1.54) is 18.2 Å². The van der Waals surface area contributed by atoms with Gasteiger partial charge in [-0.15, -0.1) is 0 Å². The standard InChI is InChI=1S/C14H13ClFNO/c1-9-2-4-12(17)7-14(9)18-8-10-6-11(16)3-5-13(10)15/h2-7H,8,17H2,1H3. The molecule has 0 aliphatic heterocycles. The molecule has 2 nitrogen and oxygen atoms in total. The number of nitrogens with two attached hydrogens (primary N) is 1. The van der Waals surface area contributed by atoms with Gasteiger partial charge < -0.3 is 10.5 Å². The second-order valence-corrected chi connectivity index (χ2v) is 4.46. The Morgan fingerprint density at radius 2 is 2.00 bits per heavy atom. The van der Waals surface area contributed by atoms with Crippen LogP contribution in [0.3, 0.4) is 0 Å². The van der Waals surface area contributed by atoms with Crippen LogP contribution in [0.1, 0.15) is 11.1 Å². The van der Waals surface area contributed by atoms with E-state index in [0.29, 0.717) is 22.0 Å². The van der Waals surface area contributed by atoms with Crippen LogP contribution in [-0.2, 0) is 6.61 Å². The number of nitrogen functional groups attached to an aromatic ring is 1. The van der Waals surface area contributed by atoms with Crippen LogP contribution in [-0.4, -0.2) is 0 Å². The van der Waals surface area contributed by atoms with Gasteiger partial charge in [0.15, 0.2) is 0 Å². The smallest absolute Gasteiger partial charge is 0.124 e. The van der Waals surface area contributed by atoms with Crippen molar-refractivity contribution in [3.8, 4) is 5.75 Å². The molecular weight excluding hydrogens is 253 g/mol. The molecule has 94 valence electrons. The minimum Gasteiger partial charge on any atom is -0.488 e. The molecule has 0 bridgehead atoms. The number of rotatable bonds is 3. The lowest BCUT2D eigenvalue weighted by molar-refractivity contribution is 0.304. The number of hydrogen-bond acceptors (Lipinski definition) is 2. The maximum Gasteiger partial charge on any atom is 0.124 e. The number of ether oxygens (including phenoxy) is 1. The van der Waals surface area contributed by atoms with E-state index in [1.807, 2.05) is 13.0 Å². The summed E-state index contributed by atoms with van der Waals surface area (Å²) in [6.07, 6.45) is 0. The Hall–Kier alpha value is -1.74. The molecule has 2 rings (SSSR count). The number of halogens is 2. The fourth-order valence-electron chi connectivity index (χ4n) is 1.58. The van der Waals surface area contributed by atoms with Gasteiger partial charge in [-0.2, -0.15) is 0 Å². The lowest BCUT2D eigenvalue weighted by Gasteiger charge is -2.11. The number of hydrogen-bond donors (Lipinski definition) is 1. The molecule has 2 N–H and O–H groups in total. The SMILES string of the molecule is Cc1ccc(N)cc1OCc1cc(F)ccc1Cl. The molecule has 0 atom stereocenters. The molecule has 0 aliphatic carbocycles. The maximum atomic E-state index is 13.1. The Morgan fingerprint density at radius 1 is 1.22 bits per heavy atom. The van der Waals surface area contributed by atoms with Gasteiger partial charge in [0.25, 0.3) is 0 Å². The normalized spacial score (nSPS) is 10.4. The number of anilines is 1. The lowest BCUT2D eigenvalue weighted by Crippen LogP contribution is -1.99. The van der Waals surface area contributed by atoms with Crippen molar-refractivity contribution in [1.29, 1.82) is 0 Å². The number of benzene rings is 2. The Labute approximate surface area is 110 Å². The van der Waals surface area contributed by atoms with Crippen LogP contribution in [0.15, 0.2) is 36.4 Å². The van der Waals surface area contributed by atoms with Crippen molar-refractivity contribution in [1.82, 2.24) is 0 Å². The summed E-state index contributed by atoms with van der Waals surface area (Å²) < 4.78 is 18.7. The van der Waals surface area contributed by atoms with Crippen LogP contribution < -0.4 is 10.5 Å². The van der Waals surface area contributed by atoms with Crippen molar-refractivity contribution in [2.45, 2.75) is 13.5 Å². The van der Waals surface area contributed by atoms with Gasteiger partial charge in [-0.25, -0.2) is 4.39 Å². The van der Waals surface area contributed by atoms with Gasteiger partial charge in [-0.05, 0) is 36.8 Å². The fraction of sp³-hybridized carbons (Fsp3) is 0.143. The predicted octanol–water partition coefficient (Wildman–Crippen LogP) is 3.95. The average molecular weight is 266 g/mol. The average Bonchev–Trinajstić information content (AvgIpc) is 2.34. The van der Waals surface area contributed by atoms with Gasteiger partial charge in [0, 0.05) is 22.3 Å². The predicted molar refractivity (Wildman–Crippen MR) is 71.3 cm³/mol. The van der Waals surface area contributed by atoms with Crippen LogP contribution in [0, 0.1) is 12.7 Å². The summed E-state index contributed by atoms with van der Waals surface area (Å²) in [6, 6.07) is 9.61. The quantitative estimate of drug-likeness (QED) is 0.853. The molecule has 0 radical (unpaired) electrons. The largest absolute Gasteiger partial charge is 0.488 e. The van der Waals surface area contributed by atoms with Gasteiger partial charge in [0.05, 0.1) is 0 Å². The summed E-state index contributed by atoms with van der Waals surface area (Å²) in [6.45, 7) is 2.13. The van der Waals surface area contributed by atoms with E-state index in [9.17, 15) is 4.39 Å². The molecule has 0 saturated heterocycles. The first-order valence-electron chi connectivity index (χ1n) is 5.49. The summed E-state index contributed by atoms with van der Waals surface area (Å²) in [5.74, 6) is 0.345. The zero-order valence-corrected chi connectivity index (χ0v) is 10.7. The lowest BCUT2D eigenvalue weighted by atomic mass is 10.2. The van der Waals surface area contributed by atoms with E-state index < -0.39 is 0 Å². The monoisotopic (exact) mass is 265 g/mol. The van der Waals surface area contributed by atoms with Crippen LogP contribution in [0.5, 0.6) is 5.75 Å². The van der Waals surface area contributed by atoms with Crippen LogP contribution in [0.2, 0.25) is 5.02 Å². The van der Waals surface area contributed by atoms with E-state index in [2.05, 4.69) is 0 Å². The Bertz CT molecular complexity index is 520. The molecule has 4 heteroatoms. The van der Waals surface area contributed by atoms with Crippen molar-refractivity contribution in [3.63, 3.8) is 0 Å². The molecule has 0 fully saturated rings. The Kier molecular flexibility index (Phi) is 3.72. The fourth-order valence-corrected chi connectivity index (χ4v) is 1.75. The Morgan fingerprint density at radius 3 is 2.78 bits per heavy atom. The second-order valence-electron chi connectivity index (χ2n) is 4.05. The summed E-state index contributed by atoms with van der Waals surface area (Å²) in [4.78, 5) is 0. The van der Waals surface area contributed by atoms with Gasteiger partial charge in [-0.3, -0.25) is 0 Å². The van der Waals surface area contributed by atoms with Crippen LogP contribution in [0.4, 0.5) is 10.1 Å². The molecular formula is C14H13ClFNO. The molecule has 0 aliphatic rings. The summed E-state index contributed by atoms with van der Waals surface area (Å²) in [5, 5.41) is 0.484. The summed E-state index contributed by atoms with van der Waals surface area (Å²) >= 11 is 5.96. The van der Waals surface area contributed by atoms with Crippen molar-refractivity contribution >= 4 is 17.3 Å². The highest BCUT2D eigenvalue weighted by Crippen LogP contribution is 2.24. The summed E-state index contributed by atoms with van der Waals surface area (Å²) in [5.41, 5.74) is 7.89. The third-order valence-electron chi connectivity index (χ3n) is 2.60. The topological polar surface area (TPSA) is 35.2 Å². The first kappa shape index (κ1) is 12.7. The van der Waals surface area contributed by atoms with Crippen molar-refractivity contribution in [2.24, 2.45) is 0 Å². The van der Waals surface area contributed by atoms with Crippen molar-refractivity contribution in [3.05, 3.63) is 58.4 Å². The highest BCUT2D eigenvalue weighted by Gasteiger charge is 2.05.